The Bertz CT molecular complexity index is 602. The fraction of sp³-hybridized carbons (Fsp3) is 0.438. The molecule has 0 aromatic heterocycles. The topological polar surface area (TPSA) is 95.9 Å². The molecule has 1 aromatic carbocycles. The third-order valence-electron chi connectivity index (χ3n) is 3.77. The molecule has 7 nitrogen and oxygen atoms in total. The van der Waals surface area contributed by atoms with Gasteiger partial charge in [-0.25, -0.2) is 0 Å². The fourth-order valence-electron chi connectivity index (χ4n) is 2.56. The van der Waals surface area contributed by atoms with E-state index < -0.39 is 11.9 Å². The molecule has 2 amide bonds. The highest BCUT2D eigenvalue weighted by atomic mass is 16.5. The minimum absolute atomic E-state index is 0.0685. The zero-order valence-electron chi connectivity index (χ0n) is 12.9. The van der Waals surface area contributed by atoms with Crippen molar-refractivity contribution in [2.45, 2.75) is 12.8 Å². The lowest BCUT2D eigenvalue weighted by Crippen LogP contribution is -2.31. The normalized spacial score (nSPS) is 17.3. The molecule has 0 radical (unpaired) electrons. The second-order valence-corrected chi connectivity index (χ2v) is 5.45. The molecule has 1 unspecified atom stereocenters. The molecular weight excluding hydrogens is 300 g/mol. The SMILES string of the molecule is COCCN1CC(C(=O)Nc2ccccc2CC(=O)O)CC1=O. The van der Waals surface area contributed by atoms with E-state index >= 15 is 0 Å². The van der Waals surface area contributed by atoms with Crippen LogP contribution in [-0.2, 0) is 25.5 Å². The molecule has 1 aliphatic heterocycles. The Kier molecular flexibility index (Phi) is 5.70. The van der Waals surface area contributed by atoms with Crippen molar-refractivity contribution in [1.29, 1.82) is 0 Å². The minimum Gasteiger partial charge on any atom is -0.481 e. The summed E-state index contributed by atoms with van der Waals surface area (Å²) < 4.78 is 4.95. The summed E-state index contributed by atoms with van der Waals surface area (Å²) in [6.45, 7) is 1.26. The van der Waals surface area contributed by atoms with Crippen LogP contribution in [-0.4, -0.2) is 54.6 Å². The number of rotatable bonds is 7. The number of benzene rings is 1. The zero-order chi connectivity index (χ0) is 16.8. The minimum atomic E-state index is -0.964. The van der Waals surface area contributed by atoms with Crippen LogP contribution in [0.2, 0.25) is 0 Å². The molecule has 1 aromatic rings. The van der Waals surface area contributed by atoms with Gasteiger partial charge >= 0.3 is 5.97 Å². The van der Waals surface area contributed by atoms with E-state index in [9.17, 15) is 14.4 Å². The van der Waals surface area contributed by atoms with Crippen LogP contribution in [0, 0.1) is 5.92 Å². The number of nitrogens with zero attached hydrogens (tertiary/aromatic N) is 1. The zero-order valence-corrected chi connectivity index (χ0v) is 12.9. The summed E-state index contributed by atoms with van der Waals surface area (Å²) in [6, 6.07) is 6.77. The van der Waals surface area contributed by atoms with E-state index in [0.29, 0.717) is 30.9 Å². The van der Waals surface area contributed by atoms with Crippen molar-refractivity contribution >= 4 is 23.5 Å². The van der Waals surface area contributed by atoms with Crippen LogP contribution in [0.25, 0.3) is 0 Å². The molecule has 1 fully saturated rings. The Balaban J connectivity index is 2.00. The summed E-state index contributed by atoms with van der Waals surface area (Å²) >= 11 is 0. The lowest BCUT2D eigenvalue weighted by atomic mass is 10.1. The number of methoxy groups -OCH3 is 1. The molecule has 23 heavy (non-hydrogen) atoms. The molecule has 1 heterocycles. The second-order valence-electron chi connectivity index (χ2n) is 5.45. The van der Waals surface area contributed by atoms with Gasteiger partial charge in [-0.2, -0.15) is 0 Å². The maximum Gasteiger partial charge on any atom is 0.307 e. The number of ether oxygens (including phenoxy) is 1. The molecule has 1 atom stereocenters. The number of anilines is 1. The number of amides is 2. The first-order valence-corrected chi connectivity index (χ1v) is 7.38. The van der Waals surface area contributed by atoms with Crippen molar-refractivity contribution in [3.05, 3.63) is 29.8 Å². The predicted molar refractivity (Wildman–Crippen MR) is 83.0 cm³/mol. The first-order valence-electron chi connectivity index (χ1n) is 7.38. The highest BCUT2D eigenvalue weighted by Crippen LogP contribution is 2.22. The predicted octanol–water partition coefficient (Wildman–Crippen LogP) is 0.747. The first-order chi connectivity index (χ1) is 11.0. The Morgan fingerprint density at radius 1 is 1.39 bits per heavy atom. The number of nitrogens with one attached hydrogen (secondary N) is 1. The summed E-state index contributed by atoms with van der Waals surface area (Å²) in [5.41, 5.74) is 1.01. The van der Waals surface area contributed by atoms with E-state index in [0.717, 1.165) is 0 Å². The lowest BCUT2D eigenvalue weighted by Gasteiger charge is -2.16. The third kappa shape index (κ3) is 4.53. The van der Waals surface area contributed by atoms with Gasteiger partial charge in [0.05, 0.1) is 18.9 Å². The highest BCUT2D eigenvalue weighted by molar-refractivity contribution is 5.98. The van der Waals surface area contributed by atoms with Gasteiger partial charge in [0.25, 0.3) is 0 Å². The summed E-state index contributed by atoms with van der Waals surface area (Å²) in [5, 5.41) is 11.7. The van der Waals surface area contributed by atoms with Crippen LogP contribution in [0.4, 0.5) is 5.69 Å². The van der Waals surface area contributed by atoms with Crippen LogP contribution < -0.4 is 5.32 Å². The van der Waals surface area contributed by atoms with Gasteiger partial charge in [-0.3, -0.25) is 14.4 Å². The van der Waals surface area contributed by atoms with Crippen LogP contribution in [0.15, 0.2) is 24.3 Å². The number of likely N-dealkylation sites (tertiary alicyclic amines) is 1. The molecule has 2 rings (SSSR count). The molecule has 0 aliphatic carbocycles. The molecule has 0 spiro atoms. The van der Waals surface area contributed by atoms with Crippen molar-refractivity contribution in [2.24, 2.45) is 5.92 Å². The van der Waals surface area contributed by atoms with Gasteiger partial charge in [-0.1, -0.05) is 18.2 Å². The molecule has 7 heteroatoms. The number of carbonyl (C=O) groups excluding carboxylic acids is 2. The van der Waals surface area contributed by atoms with Crippen LogP contribution in [0.3, 0.4) is 0 Å². The van der Waals surface area contributed by atoms with Gasteiger partial charge in [0, 0.05) is 32.3 Å². The highest BCUT2D eigenvalue weighted by Gasteiger charge is 2.34. The van der Waals surface area contributed by atoms with Crippen molar-refractivity contribution in [3.8, 4) is 0 Å². The molecule has 1 saturated heterocycles. The average molecular weight is 320 g/mol. The standard InChI is InChI=1S/C16H20N2O5/c1-23-7-6-18-10-12(8-14(18)19)16(22)17-13-5-3-2-4-11(13)9-15(20)21/h2-5,12H,6-10H2,1H3,(H,17,22)(H,20,21). The van der Waals surface area contributed by atoms with Crippen molar-refractivity contribution in [3.63, 3.8) is 0 Å². The fourth-order valence-corrected chi connectivity index (χ4v) is 2.56. The number of aliphatic carboxylic acids is 1. The van der Waals surface area contributed by atoms with Gasteiger partial charge in [0.15, 0.2) is 0 Å². The van der Waals surface area contributed by atoms with Crippen molar-refractivity contribution in [1.82, 2.24) is 4.90 Å². The van der Waals surface area contributed by atoms with E-state index in [2.05, 4.69) is 5.32 Å². The van der Waals surface area contributed by atoms with Gasteiger partial charge in [0.1, 0.15) is 0 Å². The smallest absolute Gasteiger partial charge is 0.307 e. The molecule has 2 N–H and O–H groups in total. The number of carboxylic acid groups (broad SMARTS) is 1. The molecular formula is C16H20N2O5. The summed E-state index contributed by atoms with van der Waals surface area (Å²) in [5.74, 6) is -1.73. The Morgan fingerprint density at radius 3 is 2.83 bits per heavy atom. The third-order valence-corrected chi connectivity index (χ3v) is 3.77. The maximum atomic E-state index is 12.3. The molecule has 0 bridgehead atoms. The van der Waals surface area contributed by atoms with Crippen LogP contribution in [0.1, 0.15) is 12.0 Å². The van der Waals surface area contributed by atoms with Crippen LogP contribution >= 0.6 is 0 Å². The number of carbonyl (C=O) groups is 3. The Labute approximate surface area is 134 Å². The number of carboxylic acids is 1. The second kappa shape index (κ2) is 7.73. The molecule has 0 saturated carbocycles. The Hall–Kier alpha value is -2.41. The number of para-hydroxylation sites is 1. The van der Waals surface area contributed by atoms with Gasteiger partial charge in [0.2, 0.25) is 11.8 Å². The van der Waals surface area contributed by atoms with Crippen LogP contribution in [0.5, 0.6) is 0 Å². The number of hydrogen-bond acceptors (Lipinski definition) is 4. The van der Waals surface area contributed by atoms with Gasteiger partial charge < -0.3 is 20.1 Å². The molecule has 1 aliphatic rings. The summed E-state index contributed by atoms with van der Waals surface area (Å²) in [4.78, 5) is 36.7. The Morgan fingerprint density at radius 2 is 2.13 bits per heavy atom. The van der Waals surface area contributed by atoms with E-state index in [1.165, 1.54) is 0 Å². The summed E-state index contributed by atoms with van der Waals surface area (Å²) in [6.07, 6.45) is -0.00331. The quantitative estimate of drug-likeness (QED) is 0.773. The van der Waals surface area contributed by atoms with E-state index in [-0.39, 0.29) is 24.7 Å². The van der Waals surface area contributed by atoms with Crippen molar-refractivity contribution < 1.29 is 24.2 Å². The van der Waals surface area contributed by atoms with E-state index in [1.54, 1.807) is 36.3 Å². The summed E-state index contributed by atoms with van der Waals surface area (Å²) in [7, 11) is 1.56. The lowest BCUT2D eigenvalue weighted by molar-refractivity contribution is -0.136. The van der Waals surface area contributed by atoms with E-state index in [4.69, 9.17) is 9.84 Å². The van der Waals surface area contributed by atoms with Gasteiger partial charge in [-0.05, 0) is 11.6 Å². The van der Waals surface area contributed by atoms with Gasteiger partial charge in [-0.15, -0.1) is 0 Å². The maximum absolute atomic E-state index is 12.3. The number of hydrogen-bond donors (Lipinski definition) is 2. The largest absolute Gasteiger partial charge is 0.481 e. The average Bonchev–Trinajstić information content (AvgIpc) is 2.88. The van der Waals surface area contributed by atoms with Crippen molar-refractivity contribution in [2.75, 3.05) is 32.1 Å². The first kappa shape index (κ1) is 17.0. The van der Waals surface area contributed by atoms with E-state index in [1.807, 2.05) is 0 Å². The monoisotopic (exact) mass is 320 g/mol. The molecule has 124 valence electrons.